The lowest BCUT2D eigenvalue weighted by molar-refractivity contribution is 0.464. The molecule has 2 rings (SSSR count). The summed E-state index contributed by atoms with van der Waals surface area (Å²) in [5.74, 6) is -0.196. The normalized spacial score (nSPS) is 10.5. The number of para-hydroxylation sites is 1. The third-order valence-electron chi connectivity index (χ3n) is 2.06. The van der Waals surface area contributed by atoms with Crippen LogP contribution in [-0.2, 0) is 0 Å². The number of aromatic nitrogens is 1. The Bertz CT molecular complexity index is 514. The van der Waals surface area contributed by atoms with Crippen molar-refractivity contribution >= 4 is 10.9 Å². The Morgan fingerprint density at radius 2 is 2.00 bits per heavy atom. The number of benzene rings is 1. The smallest absolute Gasteiger partial charge is 0.231 e. The van der Waals surface area contributed by atoms with Crippen LogP contribution in [0.15, 0.2) is 29.1 Å². The summed E-state index contributed by atoms with van der Waals surface area (Å²) in [5, 5.41) is 9.88. The summed E-state index contributed by atoms with van der Waals surface area (Å²) in [7, 11) is 0. The van der Waals surface area contributed by atoms with E-state index in [0.717, 1.165) is 5.52 Å². The van der Waals surface area contributed by atoms with Gasteiger partial charge in [0.1, 0.15) is 0 Å². The van der Waals surface area contributed by atoms with Crippen molar-refractivity contribution in [3.63, 3.8) is 0 Å². The molecule has 3 nitrogen and oxygen atoms in total. The van der Waals surface area contributed by atoms with Crippen LogP contribution in [0.5, 0.6) is 5.75 Å². The van der Waals surface area contributed by atoms with E-state index in [1.807, 2.05) is 12.1 Å². The number of fused-ring (bicyclic) bond motifs is 1. The SMILES string of the molecule is Cc1[nH]c2ccccc2c(=O)c1O. The van der Waals surface area contributed by atoms with Crippen molar-refractivity contribution in [3.05, 3.63) is 40.2 Å². The average molecular weight is 175 g/mol. The summed E-state index contributed by atoms with van der Waals surface area (Å²) in [6.45, 7) is 1.67. The van der Waals surface area contributed by atoms with Crippen LogP contribution in [0.4, 0.5) is 0 Å². The van der Waals surface area contributed by atoms with Crippen LogP contribution >= 0.6 is 0 Å². The number of rotatable bonds is 0. The molecule has 1 heterocycles. The minimum atomic E-state index is -0.313. The van der Waals surface area contributed by atoms with E-state index < -0.39 is 0 Å². The summed E-state index contributed by atoms with van der Waals surface area (Å²) in [4.78, 5) is 14.4. The van der Waals surface area contributed by atoms with Crippen molar-refractivity contribution in [2.24, 2.45) is 0 Å². The molecular weight excluding hydrogens is 166 g/mol. The highest BCUT2D eigenvalue weighted by atomic mass is 16.3. The van der Waals surface area contributed by atoms with Gasteiger partial charge in [-0.25, -0.2) is 0 Å². The van der Waals surface area contributed by atoms with Crippen LogP contribution in [0.25, 0.3) is 10.9 Å². The van der Waals surface area contributed by atoms with Crippen molar-refractivity contribution in [2.45, 2.75) is 6.92 Å². The predicted molar refractivity (Wildman–Crippen MR) is 51.0 cm³/mol. The van der Waals surface area contributed by atoms with Gasteiger partial charge in [-0.15, -0.1) is 0 Å². The van der Waals surface area contributed by atoms with Crippen molar-refractivity contribution < 1.29 is 5.11 Å². The zero-order valence-corrected chi connectivity index (χ0v) is 7.16. The maximum absolute atomic E-state index is 11.5. The van der Waals surface area contributed by atoms with Crippen molar-refractivity contribution in [1.29, 1.82) is 0 Å². The molecule has 0 aliphatic carbocycles. The highest BCUT2D eigenvalue weighted by Gasteiger charge is 2.05. The molecule has 0 aliphatic heterocycles. The standard InChI is InChI=1S/C10H9NO2/c1-6-9(12)10(13)7-4-2-3-5-8(7)11-6/h2-5,12H,1H3,(H,11,13). The van der Waals surface area contributed by atoms with Gasteiger partial charge in [0.15, 0.2) is 5.75 Å². The third-order valence-corrected chi connectivity index (χ3v) is 2.06. The Morgan fingerprint density at radius 1 is 1.31 bits per heavy atom. The maximum Gasteiger partial charge on any atom is 0.231 e. The van der Waals surface area contributed by atoms with Crippen LogP contribution in [0.2, 0.25) is 0 Å². The van der Waals surface area contributed by atoms with Crippen LogP contribution < -0.4 is 5.43 Å². The van der Waals surface area contributed by atoms with Gasteiger partial charge in [0.05, 0.1) is 5.69 Å². The summed E-state index contributed by atoms with van der Waals surface area (Å²) in [5.41, 5.74) is 0.943. The summed E-state index contributed by atoms with van der Waals surface area (Å²) >= 11 is 0. The first-order valence-corrected chi connectivity index (χ1v) is 4.01. The molecule has 0 saturated heterocycles. The lowest BCUT2D eigenvalue weighted by atomic mass is 10.2. The minimum absolute atomic E-state index is 0.196. The van der Waals surface area contributed by atoms with Gasteiger partial charge in [-0.2, -0.15) is 0 Å². The fourth-order valence-electron chi connectivity index (χ4n) is 1.35. The second kappa shape index (κ2) is 2.62. The molecule has 66 valence electrons. The van der Waals surface area contributed by atoms with E-state index >= 15 is 0 Å². The molecule has 2 aromatic rings. The highest BCUT2D eigenvalue weighted by Crippen LogP contribution is 2.13. The molecule has 0 unspecified atom stereocenters. The molecule has 3 heteroatoms. The van der Waals surface area contributed by atoms with E-state index in [4.69, 9.17) is 0 Å². The fourth-order valence-corrected chi connectivity index (χ4v) is 1.35. The largest absolute Gasteiger partial charge is 0.503 e. The molecule has 0 aliphatic rings. The van der Waals surface area contributed by atoms with Gasteiger partial charge in [0, 0.05) is 10.9 Å². The number of hydrogen-bond acceptors (Lipinski definition) is 2. The van der Waals surface area contributed by atoms with Gasteiger partial charge >= 0.3 is 0 Å². The molecule has 0 fully saturated rings. The van der Waals surface area contributed by atoms with Crippen LogP contribution in [0.3, 0.4) is 0 Å². The zero-order valence-electron chi connectivity index (χ0n) is 7.16. The first kappa shape index (κ1) is 7.86. The second-order valence-electron chi connectivity index (χ2n) is 2.97. The number of aromatic hydroxyl groups is 1. The van der Waals surface area contributed by atoms with Gasteiger partial charge < -0.3 is 10.1 Å². The van der Waals surface area contributed by atoms with Crippen molar-refractivity contribution in [2.75, 3.05) is 0 Å². The van der Waals surface area contributed by atoms with Gasteiger partial charge in [-0.05, 0) is 19.1 Å². The molecule has 13 heavy (non-hydrogen) atoms. The number of aryl methyl sites for hydroxylation is 1. The topological polar surface area (TPSA) is 53.1 Å². The summed E-state index contributed by atoms with van der Waals surface area (Å²) in [6.07, 6.45) is 0. The lowest BCUT2D eigenvalue weighted by Gasteiger charge is -2.01. The molecule has 0 bridgehead atoms. The average Bonchev–Trinajstić information content (AvgIpc) is 2.15. The molecule has 2 N–H and O–H groups in total. The molecule has 1 aromatic heterocycles. The van der Waals surface area contributed by atoms with Gasteiger partial charge in [-0.3, -0.25) is 4.79 Å². The lowest BCUT2D eigenvalue weighted by Crippen LogP contribution is -2.04. The molecule has 0 atom stereocenters. The number of aromatic amines is 1. The van der Waals surface area contributed by atoms with Gasteiger partial charge in [0.2, 0.25) is 5.43 Å². The van der Waals surface area contributed by atoms with Gasteiger partial charge in [-0.1, -0.05) is 12.1 Å². The van der Waals surface area contributed by atoms with E-state index in [1.165, 1.54) is 0 Å². The predicted octanol–water partition coefficient (Wildman–Crippen LogP) is 1.54. The molecular formula is C10H9NO2. The van der Waals surface area contributed by atoms with E-state index in [1.54, 1.807) is 19.1 Å². The Morgan fingerprint density at radius 3 is 2.77 bits per heavy atom. The Hall–Kier alpha value is -1.77. The number of pyridine rings is 1. The molecule has 0 amide bonds. The molecule has 0 radical (unpaired) electrons. The third kappa shape index (κ3) is 1.09. The Labute approximate surface area is 74.7 Å². The number of nitrogens with one attached hydrogen (secondary N) is 1. The van der Waals surface area contributed by atoms with E-state index in [2.05, 4.69) is 4.98 Å². The zero-order chi connectivity index (χ0) is 9.42. The van der Waals surface area contributed by atoms with E-state index in [0.29, 0.717) is 11.1 Å². The van der Waals surface area contributed by atoms with Crippen LogP contribution in [0, 0.1) is 6.92 Å². The fraction of sp³-hybridized carbons (Fsp3) is 0.100. The molecule has 1 aromatic carbocycles. The number of H-pyrrole nitrogens is 1. The Kier molecular flexibility index (Phi) is 1.59. The minimum Gasteiger partial charge on any atom is -0.503 e. The molecule has 0 saturated carbocycles. The van der Waals surface area contributed by atoms with E-state index in [9.17, 15) is 9.90 Å². The van der Waals surface area contributed by atoms with Crippen molar-refractivity contribution in [3.8, 4) is 5.75 Å². The quantitative estimate of drug-likeness (QED) is 0.638. The first-order valence-electron chi connectivity index (χ1n) is 4.01. The first-order chi connectivity index (χ1) is 6.20. The summed E-state index contributed by atoms with van der Waals surface area (Å²) in [6, 6.07) is 7.11. The Balaban J connectivity index is 3.03. The number of hydrogen-bond donors (Lipinski definition) is 2. The van der Waals surface area contributed by atoms with Crippen LogP contribution in [-0.4, -0.2) is 10.1 Å². The van der Waals surface area contributed by atoms with Crippen molar-refractivity contribution in [1.82, 2.24) is 4.98 Å². The van der Waals surface area contributed by atoms with Crippen LogP contribution in [0.1, 0.15) is 5.69 Å². The highest BCUT2D eigenvalue weighted by molar-refractivity contribution is 5.79. The van der Waals surface area contributed by atoms with Gasteiger partial charge in [0.25, 0.3) is 0 Å². The van der Waals surface area contributed by atoms with E-state index in [-0.39, 0.29) is 11.2 Å². The molecule has 0 spiro atoms. The maximum atomic E-state index is 11.5. The monoisotopic (exact) mass is 175 g/mol. The summed E-state index contributed by atoms with van der Waals surface area (Å²) < 4.78 is 0. The second-order valence-corrected chi connectivity index (χ2v) is 2.97.